The first kappa shape index (κ1) is 14.8. The van der Waals surface area contributed by atoms with Crippen LogP contribution in [0, 0.1) is 0 Å². The Kier molecular flexibility index (Phi) is 4.10. The van der Waals surface area contributed by atoms with Crippen molar-refractivity contribution in [3.63, 3.8) is 0 Å². The summed E-state index contributed by atoms with van der Waals surface area (Å²) in [5, 5.41) is 14.9. The number of para-hydroxylation sites is 1. The third-order valence-electron chi connectivity index (χ3n) is 3.54. The molecule has 0 aromatic heterocycles. The Bertz CT molecular complexity index is 779. The van der Waals surface area contributed by atoms with Crippen molar-refractivity contribution in [2.24, 2.45) is 5.10 Å². The van der Waals surface area contributed by atoms with E-state index in [1.165, 1.54) is 12.1 Å². The molecule has 0 spiro atoms. The molecule has 2 aromatic rings. The van der Waals surface area contributed by atoms with Crippen molar-refractivity contribution in [3.05, 3.63) is 65.2 Å². The number of benzene rings is 2. The maximum Gasteiger partial charge on any atom is 0.127 e. The molecule has 0 saturated heterocycles. The molecule has 5 heteroatoms. The Morgan fingerprint density at radius 1 is 1.22 bits per heavy atom. The molecule has 0 amide bonds. The molecule has 116 valence electrons. The summed E-state index contributed by atoms with van der Waals surface area (Å²) in [4.78, 5) is 10.7. The highest BCUT2D eigenvalue weighted by molar-refractivity contribution is 5.89. The summed E-state index contributed by atoms with van der Waals surface area (Å²) in [5.41, 5.74) is 5.65. The van der Waals surface area contributed by atoms with Crippen molar-refractivity contribution < 1.29 is 14.6 Å². The van der Waals surface area contributed by atoms with Crippen molar-refractivity contribution >= 4 is 23.9 Å². The third-order valence-corrected chi connectivity index (χ3v) is 3.54. The van der Waals surface area contributed by atoms with Gasteiger partial charge in [0.15, 0.2) is 0 Å². The summed E-state index contributed by atoms with van der Waals surface area (Å²) in [6.45, 7) is 1.96. The van der Waals surface area contributed by atoms with Crippen LogP contribution in [0.25, 0.3) is 6.08 Å². The minimum atomic E-state index is -1.20. The summed E-state index contributed by atoms with van der Waals surface area (Å²) in [7, 11) is 0. The Balaban J connectivity index is 1.70. The summed E-state index contributed by atoms with van der Waals surface area (Å²) in [6, 6.07) is 14.0. The van der Waals surface area contributed by atoms with Gasteiger partial charge in [-0.15, -0.1) is 0 Å². The SMILES string of the molecule is C[C@@H]1Oc2ccccc2C=C1C=NNc1ccc(C(=O)[O-])cc1. The Morgan fingerprint density at radius 3 is 2.70 bits per heavy atom. The molecule has 0 fully saturated rings. The highest BCUT2D eigenvalue weighted by Gasteiger charge is 2.16. The lowest BCUT2D eigenvalue weighted by Crippen LogP contribution is -2.21. The number of hydrazone groups is 1. The van der Waals surface area contributed by atoms with Gasteiger partial charge in [-0.05, 0) is 36.8 Å². The number of hydrogen-bond donors (Lipinski definition) is 1. The van der Waals surface area contributed by atoms with E-state index < -0.39 is 5.97 Å². The van der Waals surface area contributed by atoms with E-state index in [0.29, 0.717) is 5.69 Å². The van der Waals surface area contributed by atoms with E-state index in [0.717, 1.165) is 16.9 Å². The molecular weight excluding hydrogens is 292 g/mol. The summed E-state index contributed by atoms with van der Waals surface area (Å²) in [5.74, 6) is -0.333. The molecule has 3 rings (SSSR count). The van der Waals surface area contributed by atoms with E-state index in [-0.39, 0.29) is 11.7 Å². The van der Waals surface area contributed by atoms with Crippen molar-refractivity contribution in [1.82, 2.24) is 0 Å². The number of rotatable bonds is 4. The first-order valence-electron chi connectivity index (χ1n) is 7.21. The molecule has 0 unspecified atom stereocenters. The monoisotopic (exact) mass is 307 g/mol. The van der Waals surface area contributed by atoms with E-state index in [9.17, 15) is 9.90 Å². The standard InChI is InChI=1S/C18H16N2O3/c1-12-15(10-14-4-2-3-5-17(14)23-12)11-19-20-16-8-6-13(7-9-16)18(21)22/h2-12,20H,1H3,(H,21,22)/p-1/t12-/m0/s1. The normalized spacial score (nSPS) is 16.4. The highest BCUT2D eigenvalue weighted by Crippen LogP contribution is 2.28. The van der Waals surface area contributed by atoms with Gasteiger partial charge >= 0.3 is 0 Å². The summed E-state index contributed by atoms with van der Waals surface area (Å²) < 4.78 is 5.83. The fourth-order valence-electron chi connectivity index (χ4n) is 2.27. The number of hydrogen-bond acceptors (Lipinski definition) is 5. The number of ether oxygens (including phenoxy) is 1. The second-order valence-electron chi connectivity index (χ2n) is 5.18. The van der Waals surface area contributed by atoms with Gasteiger partial charge < -0.3 is 14.6 Å². The van der Waals surface area contributed by atoms with E-state index in [4.69, 9.17) is 4.74 Å². The summed E-state index contributed by atoms with van der Waals surface area (Å²) >= 11 is 0. The van der Waals surface area contributed by atoms with Crippen LogP contribution in [0.5, 0.6) is 5.75 Å². The van der Waals surface area contributed by atoms with Gasteiger partial charge in [0.25, 0.3) is 0 Å². The van der Waals surface area contributed by atoms with Crippen LogP contribution >= 0.6 is 0 Å². The molecule has 1 atom stereocenters. The minimum Gasteiger partial charge on any atom is -0.545 e. The number of carbonyl (C=O) groups is 1. The van der Waals surface area contributed by atoms with Crippen molar-refractivity contribution in [2.45, 2.75) is 13.0 Å². The maximum atomic E-state index is 10.7. The highest BCUT2D eigenvalue weighted by atomic mass is 16.5. The van der Waals surface area contributed by atoms with Crippen molar-refractivity contribution in [1.29, 1.82) is 0 Å². The van der Waals surface area contributed by atoms with E-state index >= 15 is 0 Å². The molecule has 5 nitrogen and oxygen atoms in total. The van der Waals surface area contributed by atoms with Gasteiger partial charge in [0.2, 0.25) is 0 Å². The van der Waals surface area contributed by atoms with E-state index in [2.05, 4.69) is 10.5 Å². The number of anilines is 1. The van der Waals surface area contributed by atoms with Crippen molar-refractivity contribution in [2.75, 3.05) is 5.43 Å². The van der Waals surface area contributed by atoms with Crippen molar-refractivity contribution in [3.8, 4) is 5.75 Å². The van der Waals surface area contributed by atoms with Gasteiger partial charge in [0.05, 0.1) is 17.9 Å². The molecule has 0 aliphatic carbocycles. The number of nitrogens with zero attached hydrogens (tertiary/aromatic N) is 1. The van der Waals surface area contributed by atoms with Crippen LogP contribution < -0.4 is 15.3 Å². The van der Waals surface area contributed by atoms with Gasteiger partial charge in [-0.25, -0.2) is 0 Å². The minimum absolute atomic E-state index is 0.0871. The second-order valence-corrected chi connectivity index (χ2v) is 5.18. The number of aromatic carboxylic acids is 1. The molecule has 1 aliphatic rings. The van der Waals surface area contributed by atoms with Crippen LogP contribution in [-0.2, 0) is 0 Å². The Hall–Kier alpha value is -3.08. The second kappa shape index (κ2) is 6.36. The molecule has 1 N–H and O–H groups in total. The number of carbonyl (C=O) groups excluding carboxylic acids is 1. The number of fused-ring (bicyclic) bond motifs is 1. The lowest BCUT2D eigenvalue weighted by atomic mass is 10.0. The van der Waals surface area contributed by atoms with Crippen LogP contribution in [-0.4, -0.2) is 18.3 Å². The number of nitrogens with one attached hydrogen (secondary N) is 1. The van der Waals surface area contributed by atoms with Crippen LogP contribution in [0.15, 0.2) is 59.2 Å². The average Bonchev–Trinajstić information content (AvgIpc) is 2.56. The fourth-order valence-corrected chi connectivity index (χ4v) is 2.27. The molecule has 2 aromatic carbocycles. The molecule has 0 bridgehead atoms. The van der Waals surface area contributed by atoms with Crippen LogP contribution in [0.4, 0.5) is 5.69 Å². The lowest BCUT2D eigenvalue weighted by molar-refractivity contribution is -0.255. The number of carboxylic acids is 1. The Morgan fingerprint density at radius 2 is 1.96 bits per heavy atom. The molecule has 1 aliphatic heterocycles. The van der Waals surface area contributed by atoms with Crippen LogP contribution in [0.3, 0.4) is 0 Å². The fraction of sp³-hybridized carbons (Fsp3) is 0.111. The predicted molar refractivity (Wildman–Crippen MR) is 87.4 cm³/mol. The first-order valence-corrected chi connectivity index (χ1v) is 7.21. The van der Waals surface area contributed by atoms with Gasteiger partial charge in [0, 0.05) is 11.1 Å². The van der Waals surface area contributed by atoms with E-state index in [1.54, 1.807) is 18.3 Å². The zero-order chi connectivity index (χ0) is 16.2. The quantitative estimate of drug-likeness (QED) is 0.695. The zero-order valence-electron chi connectivity index (χ0n) is 12.5. The third kappa shape index (κ3) is 3.40. The zero-order valence-corrected chi connectivity index (χ0v) is 12.5. The topological polar surface area (TPSA) is 73.8 Å². The van der Waals surface area contributed by atoms with Gasteiger partial charge in [0.1, 0.15) is 11.9 Å². The average molecular weight is 307 g/mol. The lowest BCUT2D eigenvalue weighted by Gasteiger charge is -2.22. The van der Waals surface area contributed by atoms with Gasteiger partial charge in [-0.3, -0.25) is 5.43 Å². The van der Waals surface area contributed by atoms with Crippen LogP contribution in [0.2, 0.25) is 0 Å². The smallest absolute Gasteiger partial charge is 0.127 e. The maximum absolute atomic E-state index is 10.7. The molecule has 23 heavy (non-hydrogen) atoms. The van der Waals surface area contributed by atoms with Gasteiger partial charge in [-0.1, -0.05) is 30.3 Å². The molecule has 0 saturated carbocycles. The first-order chi connectivity index (χ1) is 11.1. The number of carboxylic acid groups (broad SMARTS) is 1. The van der Waals surface area contributed by atoms with Gasteiger partial charge in [-0.2, -0.15) is 5.10 Å². The molecule has 1 heterocycles. The molecular formula is C18H15N2O3-. The Labute approximate surface area is 133 Å². The summed E-state index contributed by atoms with van der Waals surface area (Å²) in [6.07, 6.45) is 3.65. The van der Waals surface area contributed by atoms with Crippen LogP contribution in [0.1, 0.15) is 22.8 Å². The largest absolute Gasteiger partial charge is 0.545 e. The molecule has 0 radical (unpaired) electrons. The van der Waals surface area contributed by atoms with E-state index in [1.807, 2.05) is 37.3 Å². The predicted octanol–water partition coefficient (Wildman–Crippen LogP) is 2.31.